The van der Waals surface area contributed by atoms with Crippen LogP contribution in [0.5, 0.6) is 0 Å². The number of hydrogen-bond acceptors (Lipinski definition) is 7. The predicted octanol–water partition coefficient (Wildman–Crippen LogP) is 5.27. The van der Waals surface area contributed by atoms with Crippen molar-refractivity contribution < 1.29 is 9.66 Å². The summed E-state index contributed by atoms with van der Waals surface area (Å²) in [7, 11) is 0. The first kappa shape index (κ1) is 22.0. The van der Waals surface area contributed by atoms with E-state index in [1.165, 1.54) is 17.8 Å². The number of nitro benzene ring substituents is 1. The number of non-ortho nitro benzene ring substituents is 1. The molecule has 4 rings (SSSR count). The lowest BCUT2D eigenvalue weighted by Gasteiger charge is -2.18. The number of nitro groups is 1. The summed E-state index contributed by atoms with van der Waals surface area (Å²) in [4.78, 5) is 31.1. The lowest BCUT2D eigenvalue weighted by molar-refractivity contribution is -0.384. The first-order valence-corrected chi connectivity index (χ1v) is 12.1. The highest BCUT2D eigenvalue weighted by atomic mass is 32.2. The van der Waals surface area contributed by atoms with Crippen LogP contribution in [0.3, 0.4) is 0 Å². The van der Waals surface area contributed by atoms with Crippen LogP contribution in [-0.2, 0) is 17.7 Å². The molecule has 0 radical (unpaired) electrons. The van der Waals surface area contributed by atoms with Gasteiger partial charge in [-0.15, -0.1) is 11.3 Å². The van der Waals surface area contributed by atoms with Gasteiger partial charge in [-0.3, -0.25) is 19.5 Å². The van der Waals surface area contributed by atoms with Gasteiger partial charge in [0.2, 0.25) is 0 Å². The third-order valence-electron chi connectivity index (χ3n) is 5.67. The maximum absolute atomic E-state index is 13.6. The molecule has 164 valence electrons. The van der Waals surface area contributed by atoms with E-state index in [4.69, 9.17) is 9.72 Å². The van der Waals surface area contributed by atoms with Crippen molar-refractivity contribution in [2.75, 3.05) is 6.61 Å². The van der Waals surface area contributed by atoms with Gasteiger partial charge in [-0.1, -0.05) is 30.8 Å². The van der Waals surface area contributed by atoms with Crippen LogP contribution in [0.1, 0.15) is 47.9 Å². The Hall–Kier alpha value is -2.23. The van der Waals surface area contributed by atoms with Crippen molar-refractivity contribution in [3.8, 4) is 0 Å². The molecule has 1 saturated heterocycles. The molecule has 0 bridgehead atoms. The fourth-order valence-corrected chi connectivity index (χ4v) is 6.21. The molecule has 7 nitrogen and oxygen atoms in total. The van der Waals surface area contributed by atoms with Crippen LogP contribution in [0.4, 0.5) is 5.69 Å². The van der Waals surface area contributed by atoms with Crippen molar-refractivity contribution in [1.29, 1.82) is 0 Å². The number of rotatable bonds is 7. The Labute approximate surface area is 188 Å². The Kier molecular flexibility index (Phi) is 6.45. The standard InChI is InChI=1S/C22H25N3O4S2/c1-4-18-14(3)30-20-19(18)21(26)24(12-17-9-6-10-29-17)22(23-20)31-13(2)15-7-5-8-16(11-15)25(27)28/h5,7-8,11,13,17H,4,6,9-10,12H2,1-3H3. The van der Waals surface area contributed by atoms with Crippen molar-refractivity contribution in [1.82, 2.24) is 9.55 Å². The molecule has 1 aliphatic heterocycles. The van der Waals surface area contributed by atoms with Crippen molar-refractivity contribution in [3.05, 3.63) is 60.7 Å². The van der Waals surface area contributed by atoms with E-state index < -0.39 is 0 Å². The fourth-order valence-electron chi connectivity index (χ4n) is 4.02. The zero-order valence-electron chi connectivity index (χ0n) is 17.8. The molecule has 0 amide bonds. The first-order chi connectivity index (χ1) is 14.9. The van der Waals surface area contributed by atoms with Crippen LogP contribution in [0.15, 0.2) is 34.2 Å². The zero-order valence-corrected chi connectivity index (χ0v) is 19.4. The number of thiophene rings is 1. The van der Waals surface area contributed by atoms with Gasteiger partial charge in [-0.2, -0.15) is 0 Å². The summed E-state index contributed by atoms with van der Waals surface area (Å²) in [6.45, 7) is 7.27. The Bertz CT molecular complexity index is 1180. The number of thioether (sulfide) groups is 1. The molecule has 3 aromatic rings. The van der Waals surface area contributed by atoms with Crippen LogP contribution >= 0.6 is 23.1 Å². The summed E-state index contributed by atoms with van der Waals surface area (Å²) in [5, 5.41) is 12.4. The lowest BCUT2D eigenvalue weighted by atomic mass is 10.1. The lowest BCUT2D eigenvalue weighted by Crippen LogP contribution is -2.29. The maximum atomic E-state index is 13.6. The Morgan fingerprint density at radius 1 is 1.45 bits per heavy atom. The van der Waals surface area contributed by atoms with Crippen molar-refractivity contribution in [2.45, 2.75) is 63.1 Å². The van der Waals surface area contributed by atoms with E-state index in [-0.39, 0.29) is 27.5 Å². The number of fused-ring (bicyclic) bond motifs is 1. The highest BCUT2D eigenvalue weighted by Gasteiger charge is 2.24. The quantitative estimate of drug-likeness (QED) is 0.207. The number of ether oxygens (including phenoxy) is 1. The highest BCUT2D eigenvalue weighted by Crippen LogP contribution is 2.37. The minimum atomic E-state index is -0.390. The average Bonchev–Trinajstić information content (AvgIpc) is 3.37. The largest absolute Gasteiger partial charge is 0.376 e. The second kappa shape index (κ2) is 9.10. The van der Waals surface area contributed by atoms with E-state index in [2.05, 4.69) is 6.92 Å². The highest BCUT2D eigenvalue weighted by molar-refractivity contribution is 7.99. The van der Waals surface area contributed by atoms with E-state index >= 15 is 0 Å². The summed E-state index contributed by atoms with van der Waals surface area (Å²) >= 11 is 3.01. The van der Waals surface area contributed by atoms with E-state index in [1.54, 1.807) is 28.0 Å². The zero-order chi connectivity index (χ0) is 22.1. The molecular weight excluding hydrogens is 434 g/mol. The van der Waals surface area contributed by atoms with Gasteiger partial charge in [0.15, 0.2) is 5.16 Å². The molecule has 9 heteroatoms. The summed E-state index contributed by atoms with van der Waals surface area (Å²) in [6.07, 6.45) is 2.73. The molecule has 2 atom stereocenters. The smallest absolute Gasteiger partial charge is 0.269 e. The van der Waals surface area contributed by atoms with Crippen LogP contribution in [0.2, 0.25) is 0 Å². The van der Waals surface area contributed by atoms with Crippen molar-refractivity contribution in [3.63, 3.8) is 0 Å². The van der Waals surface area contributed by atoms with Gasteiger partial charge in [0, 0.05) is 28.9 Å². The molecular formula is C22H25N3O4S2. The minimum Gasteiger partial charge on any atom is -0.376 e. The Balaban J connectivity index is 1.77. The topological polar surface area (TPSA) is 87.3 Å². The summed E-state index contributed by atoms with van der Waals surface area (Å²) in [5.41, 5.74) is 1.94. The van der Waals surface area contributed by atoms with Crippen LogP contribution in [0.25, 0.3) is 10.2 Å². The molecule has 0 spiro atoms. The van der Waals surface area contributed by atoms with Crippen molar-refractivity contribution >= 4 is 39.0 Å². The first-order valence-electron chi connectivity index (χ1n) is 10.4. The van der Waals surface area contributed by atoms with Gasteiger partial charge >= 0.3 is 0 Å². The van der Waals surface area contributed by atoms with E-state index in [9.17, 15) is 14.9 Å². The van der Waals surface area contributed by atoms with E-state index in [1.807, 2.05) is 19.9 Å². The van der Waals surface area contributed by atoms with Gasteiger partial charge in [-0.05, 0) is 44.2 Å². The molecule has 1 aliphatic rings. The monoisotopic (exact) mass is 459 g/mol. The number of aryl methyl sites for hydroxylation is 2. The molecule has 0 saturated carbocycles. The Morgan fingerprint density at radius 2 is 2.26 bits per heavy atom. The second-order valence-electron chi connectivity index (χ2n) is 7.73. The number of aromatic nitrogens is 2. The molecule has 1 fully saturated rings. The Morgan fingerprint density at radius 3 is 2.94 bits per heavy atom. The average molecular weight is 460 g/mol. The molecule has 2 unspecified atom stereocenters. The molecule has 0 N–H and O–H groups in total. The van der Waals surface area contributed by atoms with Gasteiger partial charge < -0.3 is 4.74 Å². The van der Waals surface area contributed by atoms with Crippen LogP contribution in [-0.4, -0.2) is 27.2 Å². The van der Waals surface area contributed by atoms with Crippen molar-refractivity contribution in [2.24, 2.45) is 0 Å². The fraction of sp³-hybridized carbons (Fsp3) is 0.455. The SMILES string of the molecule is CCc1c(C)sc2nc(SC(C)c3cccc([N+](=O)[O-])c3)n(CC3CCCO3)c(=O)c12. The summed E-state index contributed by atoms with van der Waals surface area (Å²) in [6, 6.07) is 6.63. The van der Waals surface area contributed by atoms with Gasteiger partial charge in [0.1, 0.15) is 4.83 Å². The molecule has 2 aromatic heterocycles. The van der Waals surface area contributed by atoms with E-state index in [0.29, 0.717) is 11.7 Å². The number of hydrogen-bond donors (Lipinski definition) is 0. The predicted molar refractivity (Wildman–Crippen MR) is 124 cm³/mol. The van der Waals surface area contributed by atoms with E-state index in [0.717, 1.165) is 52.1 Å². The van der Waals surface area contributed by atoms with Crippen LogP contribution in [0, 0.1) is 17.0 Å². The second-order valence-corrected chi connectivity index (χ2v) is 10.2. The van der Waals surface area contributed by atoms with Gasteiger partial charge in [-0.25, -0.2) is 4.98 Å². The number of nitrogens with zero attached hydrogens (tertiary/aromatic N) is 3. The normalized spacial score (nSPS) is 17.3. The number of benzene rings is 1. The van der Waals surface area contributed by atoms with Crippen LogP contribution < -0.4 is 5.56 Å². The van der Waals surface area contributed by atoms with Gasteiger partial charge in [0.05, 0.1) is 23.0 Å². The van der Waals surface area contributed by atoms with Gasteiger partial charge in [0.25, 0.3) is 11.2 Å². The summed E-state index contributed by atoms with van der Waals surface area (Å²) < 4.78 is 7.56. The maximum Gasteiger partial charge on any atom is 0.269 e. The molecule has 1 aromatic carbocycles. The third kappa shape index (κ3) is 4.40. The third-order valence-corrected chi connectivity index (χ3v) is 7.86. The molecule has 3 heterocycles. The minimum absolute atomic E-state index is 0.00854. The summed E-state index contributed by atoms with van der Waals surface area (Å²) in [5.74, 6) is 0. The molecule has 31 heavy (non-hydrogen) atoms. The molecule has 0 aliphatic carbocycles.